The van der Waals surface area contributed by atoms with Crippen molar-refractivity contribution in [2.75, 3.05) is 31.6 Å². The minimum atomic E-state index is -0.448. The summed E-state index contributed by atoms with van der Waals surface area (Å²) in [5.74, 6) is 1.04. The van der Waals surface area contributed by atoms with Gasteiger partial charge in [0, 0.05) is 29.9 Å². The van der Waals surface area contributed by atoms with Crippen LogP contribution in [0.3, 0.4) is 0 Å². The Morgan fingerprint density at radius 2 is 1.67 bits per heavy atom. The molecule has 1 aromatic heterocycles. The first kappa shape index (κ1) is 32.4. The fraction of sp³-hybridized carbons (Fsp3) is 0.575. The Morgan fingerprint density at radius 1 is 0.939 bits per heavy atom. The van der Waals surface area contributed by atoms with Crippen LogP contribution in [0.4, 0.5) is 10.5 Å². The van der Waals surface area contributed by atoms with Gasteiger partial charge in [0.25, 0.3) is 0 Å². The van der Waals surface area contributed by atoms with Gasteiger partial charge in [-0.05, 0) is 130 Å². The van der Waals surface area contributed by atoms with Gasteiger partial charge in [-0.25, -0.2) is 4.79 Å². The maximum Gasteiger partial charge on any atom is 0.410 e. The summed E-state index contributed by atoms with van der Waals surface area (Å²) < 4.78 is 13.4. The third-order valence-electron chi connectivity index (χ3n) is 12.6. The summed E-state index contributed by atoms with van der Waals surface area (Å²) in [5, 5.41) is 14.2. The lowest BCUT2D eigenvalue weighted by atomic mass is 9.51. The molecule has 0 atom stereocenters. The maximum absolute atomic E-state index is 14.7. The van der Waals surface area contributed by atoms with Crippen LogP contribution in [-0.4, -0.2) is 70.7 Å². The number of hydrogen-bond donors (Lipinski definition) is 1. The minimum Gasteiger partial charge on any atom is -0.496 e. The van der Waals surface area contributed by atoms with Crippen molar-refractivity contribution >= 4 is 17.7 Å². The average molecular weight is 667 g/mol. The van der Waals surface area contributed by atoms with Gasteiger partial charge < -0.3 is 24.4 Å². The molecule has 2 amide bonds. The van der Waals surface area contributed by atoms with Crippen molar-refractivity contribution < 1.29 is 24.2 Å². The zero-order valence-corrected chi connectivity index (χ0v) is 29.0. The first-order valence-electron chi connectivity index (χ1n) is 18.5. The van der Waals surface area contributed by atoms with Crippen molar-refractivity contribution in [3.05, 3.63) is 66.0 Å². The number of fused-ring (bicyclic) bond motifs is 3. The number of aliphatic hydroxyl groups is 1. The van der Waals surface area contributed by atoms with Crippen molar-refractivity contribution in [1.82, 2.24) is 14.7 Å². The van der Waals surface area contributed by atoms with Gasteiger partial charge in [-0.2, -0.15) is 5.10 Å². The van der Waals surface area contributed by atoms with E-state index in [1.807, 2.05) is 6.20 Å². The minimum absolute atomic E-state index is 0.0975. The average Bonchev–Trinajstić information content (AvgIpc) is 3.85. The Balaban J connectivity index is 1.01. The molecule has 1 aliphatic heterocycles. The zero-order chi connectivity index (χ0) is 33.8. The summed E-state index contributed by atoms with van der Waals surface area (Å²) >= 11 is 0. The van der Waals surface area contributed by atoms with Crippen LogP contribution in [0.15, 0.2) is 54.9 Å². The number of likely N-dealkylation sites (tertiary alicyclic amines) is 1. The van der Waals surface area contributed by atoms with Gasteiger partial charge in [-0.3, -0.25) is 9.48 Å². The van der Waals surface area contributed by atoms with Crippen LogP contribution in [0.1, 0.15) is 94.2 Å². The molecule has 5 aliphatic carbocycles. The SMILES string of the molecule is COc1ccc([C@]23CC[C@@](CN(c4cccc(-c5cnn(C6CC6)c5)c4)C(=O)[C@H]4CC[C@H](OC(=O)N5CC(O)C5)CC4)(CC2)CC3)cc1C. The summed E-state index contributed by atoms with van der Waals surface area (Å²) in [6.07, 6.45) is 15.0. The quantitative estimate of drug-likeness (QED) is 0.260. The number of hydrogen-bond acceptors (Lipinski definition) is 6. The number of aromatic nitrogens is 2. The number of aliphatic hydroxyl groups excluding tert-OH is 1. The fourth-order valence-corrected chi connectivity index (χ4v) is 9.12. The van der Waals surface area contributed by atoms with Gasteiger partial charge in [0.05, 0.1) is 38.5 Å². The highest BCUT2D eigenvalue weighted by atomic mass is 16.6. The zero-order valence-electron chi connectivity index (χ0n) is 29.0. The van der Waals surface area contributed by atoms with E-state index in [1.54, 1.807) is 12.0 Å². The molecule has 9 rings (SSSR count). The van der Waals surface area contributed by atoms with E-state index in [9.17, 15) is 14.7 Å². The summed E-state index contributed by atoms with van der Waals surface area (Å²) in [7, 11) is 1.74. The molecule has 260 valence electrons. The maximum atomic E-state index is 14.7. The number of nitrogens with zero attached hydrogens (tertiary/aromatic N) is 4. The predicted octanol–water partition coefficient (Wildman–Crippen LogP) is 7.20. The van der Waals surface area contributed by atoms with Gasteiger partial charge in [0.1, 0.15) is 11.9 Å². The lowest BCUT2D eigenvalue weighted by Crippen LogP contribution is -2.54. The van der Waals surface area contributed by atoms with Crippen molar-refractivity contribution in [3.63, 3.8) is 0 Å². The number of aryl methyl sites for hydroxylation is 1. The largest absolute Gasteiger partial charge is 0.496 e. The Labute approximate surface area is 289 Å². The number of ether oxygens (including phenoxy) is 2. The molecule has 3 aromatic rings. The van der Waals surface area contributed by atoms with Crippen molar-refractivity contribution in [2.24, 2.45) is 11.3 Å². The summed E-state index contributed by atoms with van der Waals surface area (Å²) in [6, 6.07) is 15.8. The van der Waals surface area contributed by atoms with Crippen LogP contribution in [-0.2, 0) is 14.9 Å². The van der Waals surface area contributed by atoms with Crippen LogP contribution in [0.2, 0.25) is 0 Å². The number of amides is 2. The van der Waals surface area contributed by atoms with Crippen molar-refractivity contribution in [1.29, 1.82) is 0 Å². The summed E-state index contributed by atoms with van der Waals surface area (Å²) in [5.41, 5.74) is 6.08. The number of methoxy groups -OCH3 is 1. The second kappa shape index (κ2) is 12.8. The molecule has 0 spiro atoms. The molecule has 6 aliphatic rings. The molecular formula is C40H50N4O5. The highest BCUT2D eigenvalue weighted by Gasteiger charge is 2.51. The lowest BCUT2D eigenvalue weighted by molar-refractivity contribution is -0.124. The van der Waals surface area contributed by atoms with E-state index in [-0.39, 0.29) is 34.9 Å². The van der Waals surface area contributed by atoms with E-state index in [1.165, 1.54) is 24.0 Å². The number of rotatable bonds is 9. The van der Waals surface area contributed by atoms with Gasteiger partial charge in [0.2, 0.25) is 5.91 Å². The molecular weight excluding hydrogens is 616 g/mol. The number of carbonyl (C=O) groups is 2. The number of β-amino-alcohol motifs (C(OH)–C–C–N with tert-alkyl or cyclic N) is 1. The van der Waals surface area contributed by atoms with Crippen LogP contribution < -0.4 is 9.64 Å². The van der Waals surface area contributed by atoms with Crippen LogP contribution >= 0.6 is 0 Å². The van der Waals surface area contributed by atoms with Crippen molar-refractivity contribution in [3.8, 4) is 16.9 Å². The van der Waals surface area contributed by atoms with Crippen molar-refractivity contribution in [2.45, 2.75) is 108 Å². The second-order valence-corrected chi connectivity index (χ2v) is 15.8. The first-order valence-corrected chi connectivity index (χ1v) is 18.5. The molecule has 1 N–H and O–H groups in total. The van der Waals surface area contributed by atoms with E-state index in [0.717, 1.165) is 67.6 Å². The normalized spacial score (nSPS) is 28.2. The Kier molecular flexibility index (Phi) is 8.45. The topological polar surface area (TPSA) is 97.1 Å². The highest BCUT2D eigenvalue weighted by molar-refractivity contribution is 5.96. The third-order valence-corrected chi connectivity index (χ3v) is 12.6. The number of benzene rings is 2. The predicted molar refractivity (Wildman–Crippen MR) is 188 cm³/mol. The molecule has 9 nitrogen and oxygen atoms in total. The van der Waals surface area contributed by atoms with Crippen LogP contribution in [0.5, 0.6) is 5.75 Å². The monoisotopic (exact) mass is 666 g/mol. The molecule has 49 heavy (non-hydrogen) atoms. The van der Waals surface area contributed by atoms with E-state index < -0.39 is 6.10 Å². The molecule has 6 fully saturated rings. The molecule has 5 saturated carbocycles. The van der Waals surface area contributed by atoms with Gasteiger partial charge in [-0.1, -0.05) is 24.3 Å². The number of carbonyl (C=O) groups excluding carboxylic acids is 2. The Hall–Kier alpha value is -3.85. The standard InChI is InChI=1S/C40H50N4O5/c1-27-20-31(8-13-36(27)48-2)40-17-14-39(15-18-40,16-19-40)26-43(33-5-3-4-29(21-33)30-22-41-44(23-30)32-9-10-32)37(46)28-6-11-35(12-7-28)49-38(47)42-24-34(45)25-42/h3-5,8,13,20-23,28,32,34-35,45H,6-7,9-12,14-19,24-26H2,1-2H3/t28-,35-,39-,40-. The second-order valence-electron chi connectivity index (χ2n) is 15.8. The van der Waals surface area contributed by atoms with Gasteiger partial charge in [0.15, 0.2) is 0 Å². The molecule has 0 unspecified atom stereocenters. The molecule has 2 aromatic carbocycles. The van der Waals surface area contributed by atoms with Crippen LogP contribution in [0, 0.1) is 18.3 Å². The fourth-order valence-electron chi connectivity index (χ4n) is 9.12. The number of anilines is 1. The molecule has 2 heterocycles. The molecule has 1 saturated heterocycles. The first-order chi connectivity index (χ1) is 23.7. The van der Waals surface area contributed by atoms with E-state index >= 15 is 0 Å². The molecule has 0 radical (unpaired) electrons. The van der Waals surface area contributed by atoms with Gasteiger partial charge >= 0.3 is 6.09 Å². The van der Waals surface area contributed by atoms with E-state index in [2.05, 4.69) is 70.3 Å². The molecule has 2 bridgehead atoms. The smallest absolute Gasteiger partial charge is 0.410 e. The van der Waals surface area contributed by atoms with Crippen LogP contribution in [0.25, 0.3) is 11.1 Å². The van der Waals surface area contributed by atoms with Gasteiger partial charge in [-0.15, -0.1) is 0 Å². The summed E-state index contributed by atoms with van der Waals surface area (Å²) in [4.78, 5) is 30.8. The lowest BCUT2D eigenvalue weighted by Gasteiger charge is -2.55. The Morgan fingerprint density at radius 3 is 2.33 bits per heavy atom. The highest BCUT2D eigenvalue weighted by Crippen LogP contribution is 2.58. The van der Waals surface area contributed by atoms with E-state index in [0.29, 0.717) is 44.8 Å². The third kappa shape index (κ3) is 6.35. The molecule has 9 heteroatoms. The van der Waals surface area contributed by atoms with E-state index in [4.69, 9.17) is 9.47 Å². The Bertz CT molecular complexity index is 1680. The summed E-state index contributed by atoms with van der Waals surface area (Å²) in [6.45, 7) is 3.55.